The van der Waals surface area contributed by atoms with Crippen molar-refractivity contribution in [1.82, 2.24) is 4.90 Å². The number of nitrogens with zero attached hydrogens (tertiary/aromatic N) is 2. The van der Waals surface area contributed by atoms with Crippen LogP contribution < -0.4 is 5.32 Å². The van der Waals surface area contributed by atoms with Gasteiger partial charge in [-0.2, -0.15) is 0 Å². The molecule has 1 fully saturated rings. The van der Waals surface area contributed by atoms with E-state index in [9.17, 15) is 14.9 Å². The molecular formula is C11H13N3O3. The van der Waals surface area contributed by atoms with E-state index in [-0.39, 0.29) is 17.8 Å². The monoisotopic (exact) mass is 235 g/mol. The van der Waals surface area contributed by atoms with Crippen molar-refractivity contribution >= 4 is 17.3 Å². The Kier molecular flexibility index (Phi) is 2.95. The summed E-state index contributed by atoms with van der Waals surface area (Å²) < 4.78 is 0. The van der Waals surface area contributed by atoms with Crippen LogP contribution in [-0.4, -0.2) is 28.9 Å². The molecule has 1 aliphatic heterocycles. The van der Waals surface area contributed by atoms with Crippen LogP contribution in [0.4, 0.5) is 11.4 Å². The van der Waals surface area contributed by atoms with Crippen LogP contribution in [-0.2, 0) is 4.79 Å². The first kappa shape index (κ1) is 11.4. The van der Waals surface area contributed by atoms with Crippen molar-refractivity contribution < 1.29 is 9.72 Å². The number of nitrogens with one attached hydrogen (secondary N) is 1. The van der Waals surface area contributed by atoms with Crippen molar-refractivity contribution in [3.05, 3.63) is 34.4 Å². The quantitative estimate of drug-likeness (QED) is 0.637. The van der Waals surface area contributed by atoms with Crippen LogP contribution in [0.15, 0.2) is 24.3 Å². The summed E-state index contributed by atoms with van der Waals surface area (Å²) in [6, 6.07) is 6.18. The number of rotatable bonds is 3. The molecule has 17 heavy (non-hydrogen) atoms. The van der Waals surface area contributed by atoms with Crippen LogP contribution in [0.1, 0.15) is 12.8 Å². The molecule has 1 saturated heterocycles. The molecule has 0 aromatic heterocycles. The highest BCUT2D eigenvalue weighted by atomic mass is 16.6. The summed E-state index contributed by atoms with van der Waals surface area (Å²) in [6.07, 6.45) is 1.27. The normalized spacial score (nSPS) is 19.5. The van der Waals surface area contributed by atoms with Crippen molar-refractivity contribution in [2.45, 2.75) is 19.0 Å². The van der Waals surface area contributed by atoms with Crippen LogP contribution in [0.3, 0.4) is 0 Å². The summed E-state index contributed by atoms with van der Waals surface area (Å²) in [5.41, 5.74) is 0.841. The summed E-state index contributed by atoms with van der Waals surface area (Å²) in [4.78, 5) is 23.0. The summed E-state index contributed by atoms with van der Waals surface area (Å²) in [5.74, 6) is 0.115. The van der Waals surface area contributed by atoms with Crippen LogP contribution in [0.25, 0.3) is 0 Å². The van der Waals surface area contributed by atoms with Gasteiger partial charge in [0.25, 0.3) is 5.69 Å². The maximum Gasteiger partial charge on any atom is 0.269 e. The van der Waals surface area contributed by atoms with E-state index >= 15 is 0 Å². The summed E-state index contributed by atoms with van der Waals surface area (Å²) in [6.45, 7) is 0. The molecular weight excluding hydrogens is 222 g/mol. The minimum atomic E-state index is -0.436. The SMILES string of the molecule is CN1C(=O)CCC1Nc1ccc([N+](=O)[O-])cc1. The van der Waals surface area contributed by atoms with Gasteiger partial charge in [0.2, 0.25) is 5.91 Å². The average Bonchev–Trinajstić information content (AvgIpc) is 2.62. The van der Waals surface area contributed by atoms with Gasteiger partial charge >= 0.3 is 0 Å². The van der Waals surface area contributed by atoms with Crippen LogP contribution in [0.5, 0.6) is 0 Å². The standard InChI is InChI=1S/C11H13N3O3/c1-13-10(6-7-11(13)15)12-8-2-4-9(5-3-8)14(16)17/h2-5,10,12H,6-7H2,1H3. The lowest BCUT2D eigenvalue weighted by molar-refractivity contribution is -0.384. The minimum absolute atomic E-state index is 0.0241. The zero-order chi connectivity index (χ0) is 12.4. The topological polar surface area (TPSA) is 75.5 Å². The maximum absolute atomic E-state index is 11.3. The Morgan fingerprint density at radius 2 is 2.06 bits per heavy atom. The number of likely N-dealkylation sites (tertiary alicyclic amines) is 1. The molecule has 0 saturated carbocycles. The first-order chi connectivity index (χ1) is 8.08. The molecule has 0 aliphatic carbocycles. The lowest BCUT2D eigenvalue weighted by atomic mass is 10.2. The lowest BCUT2D eigenvalue weighted by Gasteiger charge is -2.22. The minimum Gasteiger partial charge on any atom is -0.365 e. The van der Waals surface area contributed by atoms with E-state index in [4.69, 9.17) is 0 Å². The third kappa shape index (κ3) is 2.35. The van der Waals surface area contributed by atoms with E-state index in [1.807, 2.05) is 0 Å². The molecule has 1 aliphatic rings. The number of hydrogen-bond donors (Lipinski definition) is 1. The van der Waals surface area contributed by atoms with E-state index in [1.54, 1.807) is 24.1 Å². The number of carbonyl (C=O) groups is 1. The summed E-state index contributed by atoms with van der Waals surface area (Å²) in [7, 11) is 1.75. The Bertz CT molecular complexity index is 444. The molecule has 0 spiro atoms. The summed E-state index contributed by atoms with van der Waals surface area (Å²) >= 11 is 0. The van der Waals surface area contributed by atoms with Gasteiger partial charge in [0.1, 0.15) is 6.17 Å². The Morgan fingerprint density at radius 1 is 1.41 bits per heavy atom. The van der Waals surface area contributed by atoms with Gasteiger partial charge in [-0.1, -0.05) is 0 Å². The number of amides is 1. The van der Waals surface area contributed by atoms with Gasteiger partial charge in [-0.25, -0.2) is 0 Å². The largest absolute Gasteiger partial charge is 0.365 e. The molecule has 1 heterocycles. The van der Waals surface area contributed by atoms with Gasteiger partial charge in [-0.05, 0) is 18.6 Å². The predicted molar refractivity (Wildman–Crippen MR) is 62.5 cm³/mol. The molecule has 0 bridgehead atoms. The zero-order valence-corrected chi connectivity index (χ0v) is 9.42. The molecule has 1 unspecified atom stereocenters. The Labute approximate surface area is 98.4 Å². The number of non-ortho nitro benzene ring substituents is 1. The van der Waals surface area contributed by atoms with Crippen molar-refractivity contribution in [3.63, 3.8) is 0 Å². The van der Waals surface area contributed by atoms with Crippen molar-refractivity contribution in [3.8, 4) is 0 Å². The predicted octanol–water partition coefficient (Wildman–Crippen LogP) is 1.58. The molecule has 2 rings (SSSR count). The lowest BCUT2D eigenvalue weighted by Crippen LogP contribution is -2.34. The highest BCUT2D eigenvalue weighted by Gasteiger charge is 2.27. The van der Waals surface area contributed by atoms with Crippen LogP contribution in [0, 0.1) is 10.1 Å². The van der Waals surface area contributed by atoms with E-state index in [2.05, 4.69) is 5.32 Å². The molecule has 90 valence electrons. The van der Waals surface area contributed by atoms with Crippen LogP contribution >= 0.6 is 0 Å². The van der Waals surface area contributed by atoms with E-state index in [0.717, 1.165) is 12.1 Å². The van der Waals surface area contributed by atoms with Crippen molar-refractivity contribution in [1.29, 1.82) is 0 Å². The first-order valence-corrected chi connectivity index (χ1v) is 5.34. The van der Waals surface area contributed by atoms with E-state index in [0.29, 0.717) is 6.42 Å². The van der Waals surface area contributed by atoms with Gasteiger partial charge < -0.3 is 10.2 Å². The Morgan fingerprint density at radius 3 is 2.53 bits per heavy atom. The second-order valence-electron chi connectivity index (χ2n) is 4.01. The fourth-order valence-corrected chi connectivity index (χ4v) is 1.84. The molecule has 6 heteroatoms. The number of nitro groups is 1. The number of anilines is 1. The molecule has 6 nitrogen and oxygen atoms in total. The second kappa shape index (κ2) is 4.40. The first-order valence-electron chi connectivity index (χ1n) is 5.34. The van der Waals surface area contributed by atoms with Gasteiger partial charge in [0, 0.05) is 31.3 Å². The van der Waals surface area contributed by atoms with Gasteiger partial charge in [0.05, 0.1) is 4.92 Å². The molecule has 0 radical (unpaired) electrons. The van der Waals surface area contributed by atoms with Gasteiger partial charge in [-0.15, -0.1) is 0 Å². The van der Waals surface area contributed by atoms with Crippen LogP contribution in [0.2, 0.25) is 0 Å². The zero-order valence-electron chi connectivity index (χ0n) is 9.42. The molecule has 1 atom stereocenters. The fraction of sp³-hybridized carbons (Fsp3) is 0.364. The third-order valence-electron chi connectivity index (χ3n) is 2.90. The molecule has 1 aromatic carbocycles. The smallest absolute Gasteiger partial charge is 0.269 e. The number of nitro benzene ring substituents is 1. The summed E-state index contributed by atoms with van der Waals surface area (Å²) in [5, 5.41) is 13.7. The maximum atomic E-state index is 11.3. The van der Waals surface area contributed by atoms with E-state index in [1.165, 1.54) is 12.1 Å². The highest BCUT2D eigenvalue weighted by molar-refractivity contribution is 5.79. The molecule has 1 amide bonds. The van der Waals surface area contributed by atoms with E-state index < -0.39 is 4.92 Å². The number of hydrogen-bond acceptors (Lipinski definition) is 4. The van der Waals surface area contributed by atoms with Crippen molar-refractivity contribution in [2.24, 2.45) is 0 Å². The Hall–Kier alpha value is -2.11. The second-order valence-corrected chi connectivity index (χ2v) is 4.01. The number of carbonyl (C=O) groups excluding carboxylic acids is 1. The van der Waals surface area contributed by atoms with Crippen molar-refractivity contribution in [2.75, 3.05) is 12.4 Å². The Balaban J connectivity index is 2.04. The highest BCUT2D eigenvalue weighted by Crippen LogP contribution is 2.21. The van der Waals surface area contributed by atoms with Gasteiger partial charge in [-0.3, -0.25) is 14.9 Å². The third-order valence-corrected chi connectivity index (χ3v) is 2.90. The fourth-order valence-electron chi connectivity index (χ4n) is 1.84. The molecule has 1 N–H and O–H groups in total. The number of benzene rings is 1. The average molecular weight is 235 g/mol. The molecule has 1 aromatic rings. The van der Waals surface area contributed by atoms with Gasteiger partial charge in [0.15, 0.2) is 0 Å².